The second kappa shape index (κ2) is 17.0. The standard InChI is InChI=1S/C42H57N9O5/c1-27-7-8-31(19-34(27)42(56)51(26-52)36-9-10-39(54)46-41(36)55)48-17-13-29(14-18-48)23-47-15-11-30(12-16-47)24-49-25-32-21-45-40(44)37(50(32)22-28(49)2)20-35(43)33-5-3-4-6-38(33)53/h3-8,19-20,26,28-30,32,36,45,53H,9-18,21-25,43-44H2,1-2H3,(H,46,54,55)/b35-20-. The summed E-state index contributed by atoms with van der Waals surface area (Å²) in [4.78, 5) is 60.5. The van der Waals surface area contributed by atoms with Crippen LogP contribution in [-0.4, -0.2) is 126 Å². The van der Waals surface area contributed by atoms with Crippen LogP contribution >= 0.6 is 0 Å². The molecule has 0 radical (unpaired) electrons. The average molecular weight is 768 g/mol. The second-order valence-electron chi connectivity index (χ2n) is 16.4. The van der Waals surface area contributed by atoms with E-state index in [1.54, 1.807) is 12.1 Å². The Bertz CT molecular complexity index is 1870. The molecule has 3 unspecified atom stereocenters. The van der Waals surface area contributed by atoms with Crippen LogP contribution in [0.4, 0.5) is 5.69 Å². The number of benzene rings is 2. The SMILES string of the molecule is Cc1ccc(N2CCC(CN3CCC(CN4CC5CNC(N)=C(/C=C(\N)c6ccccc6O)N5CC4C)CC3)CC2)cc1C(=O)N(C=O)C1CCC(=O)NC1=O. The van der Waals surface area contributed by atoms with Gasteiger partial charge in [-0.05, 0) is 107 Å². The van der Waals surface area contributed by atoms with Crippen molar-refractivity contribution in [3.8, 4) is 5.75 Å². The number of fused-ring (bicyclic) bond motifs is 1. The van der Waals surface area contributed by atoms with Gasteiger partial charge in [-0.25, -0.2) is 0 Å². The number of likely N-dealkylation sites (tertiary alicyclic amines) is 1. The number of phenolic OH excluding ortho intramolecular Hbond substituents is 1. The smallest absolute Gasteiger partial charge is 0.261 e. The number of phenols is 1. The molecule has 7 N–H and O–H groups in total. The molecule has 0 aliphatic carbocycles. The lowest BCUT2D eigenvalue weighted by Crippen LogP contribution is -2.62. The van der Waals surface area contributed by atoms with Crippen LogP contribution in [0.1, 0.15) is 66.9 Å². The summed E-state index contributed by atoms with van der Waals surface area (Å²) < 4.78 is 0. The number of imide groups is 2. The number of aryl methyl sites for hydroxylation is 1. The van der Waals surface area contributed by atoms with Gasteiger partial charge in [0.25, 0.3) is 5.91 Å². The number of hydrogen-bond acceptors (Lipinski definition) is 12. The van der Waals surface area contributed by atoms with Crippen molar-refractivity contribution in [3.05, 3.63) is 76.7 Å². The summed E-state index contributed by atoms with van der Waals surface area (Å²) in [6, 6.07) is 12.5. The molecule has 0 saturated carbocycles. The number of piperazine rings is 1. The number of rotatable bonds is 10. The van der Waals surface area contributed by atoms with Crippen molar-refractivity contribution in [2.75, 3.05) is 63.8 Å². The van der Waals surface area contributed by atoms with Gasteiger partial charge in [0.2, 0.25) is 18.2 Å². The molecule has 0 aromatic heterocycles. The summed E-state index contributed by atoms with van der Waals surface area (Å²) >= 11 is 0. The first-order chi connectivity index (χ1) is 27.0. The molecule has 300 valence electrons. The summed E-state index contributed by atoms with van der Waals surface area (Å²) in [5.74, 6) is 0.517. The van der Waals surface area contributed by atoms with Crippen LogP contribution < -0.4 is 27.0 Å². The molecule has 5 aliphatic heterocycles. The molecule has 0 bridgehead atoms. The Kier molecular flexibility index (Phi) is 11.9. The van der Waals surface area contributed by atoms with Gasteiger partial charge in [0.05, 0.1) is 11.7 Å². The minimum Gasteiger partial charge on any atom is -0.507 e. The molecule has 3 atom stereocenters. The number of aromatic hydroxyl groups is 1. The molecule has 2 aromatic carbocycles. The molecule has 4 fully saturated rings. The Morgan fingerprint density at radius 1 is 0.964 bits per heavy atom. The Balaban J connectivity index is 0.871. The first-order valence-corrected chi connectivity index (χ1v) is 20.2. The third kappa shape index (κ3) is 8.51. The third-order valence-electron chi connectivity index (χ3n) is 12.6. The maximum Gasteiger partial charge on any atom is 0.261 e. The summed E-state index contributed by atoms with van der Waals surface area (Å²) in [6.45, 7) is 13.0. The van der Waals surface area contributed by atoms with Crippen LogP contribution in [0.5, 0.6) is 5.75 Å². The van der Waals surface area contributed by atoms with E-state index in [9.17, 15) is 24.3 Å². The fraction of sp³-hybridized carbons (Fsp3) is 0.524. The molecular weight excluding hydrogens is 711 g/mol. The van der Waals surface area contributed by atoms with Gasteiger partial charge >= 0.3 is 0 Å². The van der Waals surface area contributed by atoms with E-state index in [-0.39, 0.29) is 24.6 Å². The normalized spacial score (nSPS) is 24.8. The first-order valence-electron chi connectivity index (χ1n) is 20.2. The van der Waals surface area contributed by atoms with Crippen LogP contribution in [0.25, 0.3) is 5.70 Å². The Morgan fingerprint density at radius 3 is 2.39 bits per heavy atom. The predicted octanol–water partition coefficient (Wildman–Crippen LogP) is 2.14. The van der Waals surface area contributed by atoms with E-state index in [0.717, 1.165) is 93.6 Å². The molecular formula is C42H57N9O5. The topological polar surface area (TPSA) is 181 Å². The highest BCUT2D eigenvalue weighted by atomic mass is 16.3. The van der Waals surface area contributed by atoms with Crippen molar-refractivity contribution in [1.82, 2.24) is 30.2 Å². The number of nitrogens with one attached hydrogen (secondary N) is 2. The van der Waals surface area contributed by atoms with Crippen molar-refractivity contribution in [2.45, 2.75) is 70.5 Å². The molecule has 2 aromatic rings. The van der Waals surface area contributed by atoms with Crippen LogP contribution in [0, 0.1) is 18.8 Å². The van der Waals surface area contributed by atoms with Gasteiger partial charge in [-0.1, -0.05) is 18.2 Å². The molecule has 5 heterocycles. The van der Waals surface area contributed by atoms with Gasteiger partial charge in [-0.2, -0.15) is 0 Å². The average Bonchev–Trinajstić information content (AvgIpc) is 3.19. The van der Waals surface area contributed by atoms with E-state index < -0.39 is 23.8 Å². The number of amides is 4. The Morgan fingerprint density at radius 2 is 1.68 bits per heavy atom. The number of carbonyl (C=O) groups is 4. The number of nitrogens with zero attached hydrogens (tertiary/aromatic N) is 5. The molecule has 4 amide bonds. The fourth-order valence-corrected chi connectivity index (χ4v) is 9.21. The van der Waals surface area contributed by atoms with E-state index in [1.807, 2.05) is 43.3 Å². The van der Waals surface area contributed by atoms with E-state index in [0.29, 0.717) is 46.9 Å². The van der Waals surface area contributed by atoms with Crippen LogP contribution in [0.2, 0.25) is 0 Å². The van der Waals surface area contributed by atoms with E-state index in [4.69, 9.17) is 11.5 Å². The maximum absolute atomic E-state index is 13.5. The maximum atomic E-state index is 13.5. The minimum atomic E-state index is -0.992. The van der Waals surface area contributed by atoms with Crippen molar-refractivity contribution < 1.29 is 24.3 Å². The van der Waals surface area contributed by atoms with Crippen molar-refractivity contribution in [3.63, 3.8) is 0 Å². The minimum absolute atomic E-state index is 0.0883. The van der Waals surface area contributed by atoms with Crippen LogP contribution in [-0.2, 0) is 14.4 Å². The molecule has 14 heteroatoms. The predicted molar refractivity (Wildman–Crippen MR) is 215 cm³/mol. The molecule has 0 spiro atoms. The molecule has 5 aliphatic rings. The monoisotopic (exact) mass is 767 g/mol. The molecule has 4 saturated heterocycles. The highest BCUT2D eigenvalue weighted by molar-refractivity contribution is 6.07. The summed E-state index contributed by atoms with van der Waals surface area (Å²) in [5.41, 5.74) is 17.0. The van der Waals surface area contributed by atoms with Gasteiger partial charge < -0.3 is 36.6 Å². The van der Waals surface area contributed by atoms with E-state index in [1.165, 1.54) is 12.8 Å². The highest BCUT2D eigenvalue weighted by Crippen LogP contribution is 2.31. The first kappa shape index (κ1) is 39.2. The van der Waals surface area contributed by atoms with Gasteiger partial charge in [-0.3, -0.25) is 34.3 Å². The number of hydrogen-bond donors (Lipinski definition) is 5. The highest BCUT2D eigenvalue weighted by Gasteiger charge is 2.38. The van der Waals surface area contributed by atoms with Gasteiger partial charge in [0, 0.05) is 80.8 Å². The van der Waals surface area contributed by atoms with E-state index >= 15 is 0 Å². The Hall–Kier alpha value is -5.08. The summed E-state index contributed by atoms with van der Waals surface area (Å²) in [5, 5.41) is 16.0. The fourth-order valence-electron chi connectivity index (χ4n) is 9.21. The van der Waals surface area contributed by atoms with Crippen molar-refractivity contribution >= 4 is 35.5 Å². The second-order valence-corrected chi connectivity index (χ2v) is 16.4. The number of nitrogens with two attached hydrogens (primary N) is 2. The van der Waals surface area contributed by atoms with Gasteiger partial charge in [-0.15, -0.1) is 0 Å². The largest absolute Gasteiger partial charge is 0.507 e. The third-order valence-corrected chi connectivity index (χ3v) is 12.6. The van der Waals surface area contributed by atoms with E-state index in [2.05, 4.69) is 37.2 Å². The zero-order valence-corrected chi connectivity index (χ0v) is 32.7. The number of allylic oxidation sites excluding steroid dienone is 1. The van der Waals surface area contributed by atoms with Crippen molar-refractivity contribution in [2.24, 2.45) is 23.3 Å². The summed E-state index contributed by atoms with van der Waals surface area (Å²) in [7, 11) is 0. The zero-order valence-electron chi connectivity index (χ0n) is 32.7. The van der Waals surface area contributed by atoms with Crippen molar-refractivity contribution in [1.29, 1.82) is 0 Å². The molecule has 14 nitrogen and oxygen atoms in total. The van der Waals surface area contributed by atoms with Crippen LogP contribution in [0.3, 0.4) is 0 Å². The molecule has 56 heavy (non-hydrogen) atoms. The Labute approximate surface area is 329 Å². The zero-order chi connectivity index (χ0) is 39.5. The number of piperidine rings is 3. The summed E-state index contributed by atoms with van der Waals surface area (Å²) in [6.07, 6.45) is 7.04. The van der Waals surface area contributed by atoms with Gasteiger partial charge in [0.1, 0.15) is 17.6 Å². The quantitative estimate of drug-likeness (QED) is 0.176. The lowest BCUT2D eigenvalue weighted by atomic mass is 9.91. The molecule has 7 rings (SSSR count). The number of anilines is 1. The number of para-hydroxylation sites is 1. The van der Waals surface area contributed by atoms with Crippen LogP contribution in [0.15, 0.2) is 60.1 Å². The van der Waals surface area contributed by atoms with Gasteiger partial charge in [0.15, 0.2) is 0 Å². The lowest BCUT2D eigenvalue weighted by molar-refractivity contribution is -0.139. The number of carbonyl (C=O) groups excluding carboxylic acids is 4. The lowest BCUT2D eigenvalue weighted by Gasteiger charge is -2.50.